The van der Waals surface area contributed by atoms with E-state index in [4.69, 9.17) is 0 Å². The van der Waals surface area contributed by atoms with Crippen LogP contribution in [-0.2, 0) is 12.8 Å². The highest BCUT2D eigenvalue weighted by Crippen LogP contribution is 2.28. The molecule has 0 unspecified atom stereocenters. The van der Waals surface area contributed by atoms with Gasteiger partial charge in [0.15, 0.2) is 0 Å². The molecule has 1 aliphatic rings. The van der Waals surface area contributed by atoms with Crippen LogP contribution >= 0.6 is 0 Å². The number of hydrogen-bond donors (Lipinski definition) is 1. The molecular formula is C18H18N2O. The predicted octanol–water partition coefficient (Wildman–Crippen LogP) is 2.93. The number of hydrogen-bond acceptors (Lipinski definition) is 2. The number of nitrogens with zero attached hydrogens (tertiary/aromatic N) is 1. The maximum atomic E-state index is 11.9. The highest BCUT2D eigenvalue weighted by atomic mass is 16.1. The molecule has 0 aliphatic heterocycles. The molecule has 1 amide bonds. The summed E-state index contributed by atoms with van der Waals surface area (Å²) >= 11 is 0. The second-order valence-corrected chi connectivity index (χ2v) is 5.44. The summed E-state index contributed by atoms with van der Waals surface area (Å²) in [6, 6.07) is 10.4. The van der Waals surface area contributed by atoms with E-state index in [1.807, 2.05) is 0 Å². The van der Waals surface area contributed by atoms with Gasteiger partial charge in [0.25, 0.3) is 5.91 Å². The van der Waals surface area contributed by atoms with Crippen LogP contribution in [0.25, 0.3) is 6.08 Å². The first-order chi connectivity index (χ1) is 10.2. The van der Waals surface area contributed by atoms with Crippen LogP contribution in [0.5, 0.6) is 0 Å². The molecule has 0 atom stereocenters. The summed E-state index contributed by atoms with van der Waals surface area (Å²) in [5.74, 6) is -0.0429. The number of aryl methyl sites for hydroxylation is 1. The standard InChI is InChI=1S/C18H18N2O/c1-12-3-5-13(6-4-12)9-14-10-16-15(18(21)19-2)7-8-20-17(16)11-14/h3-8,11H,9-10H2,1-2H3,(H,19,21). The smallest absolute Gasteiger partial charge is 0.251 e. The zero-order valence-electron chi connectivity index (χ0n) is 12.3. The summed E-state index contributed by atoms with van der Waals surface area (Å²) in [4.78, 5) is 16.3. The minimum absolute atomic E-state index is 0.0429. The summed E-state index contributed by atoms with van der Waals surface area (Å²) in [5, 5.41) is 2.69. The van der Waals surface area contributed by atoms with E-state index in [0.717, 1.165) is 29.7 Å². The molecule has 1 aromatic carbocycles. The van der Waals surface area contributed by atoms with E-state index >= 15 is 0 Å². The number of fused-ring (bicyclic) bond motifs is 1. The minimum atomic E-state index is -0.0429. The molecule has 0 spiro atoms. The van der Waals surface area contributed by atoms with E-state index in [2.05, 4.69) is 47.6 Å². The Balaban J connectivity index is 1.83. The first-order valence-electron chi connectivity index (χ1n) is 7.12. The average molecular weight is 278 g/mol. The van der Waals surface area contributed by atoms with Crippen LogP contribution in [-0.4, -0.2) is 17.9 Å². The fraction of sp³-hybridized carbons (Fsp3) is 0.222. The molecule has 1 N–H and O–H groups in total. The van der Waals surface area contributed by atoms with Crippen LogP contribution in [0.15, 0.2) is 42.1 Å². The molecule has 0 saturated heterocycles. The zero-order chi connectivity index (χ0) is 14.8. The van der Waals surface area contributed by atoms with Crippen LogP contribution in [0.2, 0.25) is 0 Å². The molecule has 21 heavy (non-hydrogen) atoms. The minimum Gasteiger partial charge on any atom is -0.355 e. The van der Waals surface area contributed by atoms with Crippen molar-refractivity contribution in [1.82, 2.24) is 10.3 Å². The summed E-state index contributed by atoms with van der Waals surface area (Å²) in [6.07, 6.45) is 5.53. The van der Waals surface area contributed by atoms with E-state index in [-0.39, 0.29) is 5.91 Å². The van der Waals surface area contributed by atoms with Crippen molar-refractivity contribution >= 4 is 12.0 Å². The molecule has 3 heteroatoms. The van der Waals surface area contributed by atoms with Gasteiger partial charge in [-0.3, -0.25) is 9.78 Å². The predicted molar refractivity (Wildman–Crippen MR) is 84.2 cm³/mol. The van der Waals surface area contributed by atoms with E-state index < -0.39 is 0 Å². The molecule has 0 saturated carbocycles. The molecule has 1 heterocycles. The Hall–Kier alpha value is -2.42. The lowest BCUT2D eigenvalue weighted by Crippen LogP contribution is -2.19. The number of carbonyl (C=O) groups is 1. The fourth-order valence-corrected chi connectivity index (χ4v) is 2.72. The lowest BCUT2D eigenvalue weighted by Gasteiger charge is -2.07. The van der Waals surface area contributed by atoms with Crippen molar-refractivity contribution in [1.29, 1.82) is 0 Å². The van der Waals surface area contributed by atoms with Crippen LogP contribution < -0.4 is 5.32 Å². The maximum absolute atomic E-state index is 11.9. The van der Waals surface area contributed by atoms with Gasteiger partial charge in [-0.2, -0.15) is 0 Å². The number of benzene rings is 1. The van der Waals surface area contributed by atoms with Crippen molar-refractivity contribution < 1.29 is 4.79 Å². The van der Waals surface area contributed by atoms with Crippen molar-refractivity contribution in [3.63, 3.8) is 0 Å². The molecule has 0 fully saturated rings. The van der Waals surface area contributed by atoms with Gasteiger partial charge in [-0.05, 0) is 43.0 Å². The zero-order valence-corrected chi connectivity index (χ0v) is 12.3. The monoisotopic (exact) mass is 278 g/mol. The molecule has 0 radical (unpaired) electrons. The third-order valence-corrected chi connectivity index (χ3v) is 3.86. The molecule has 2 aromatic rings. The lowest BCUT2D eigenvalue weighted by atomic mass is 10.0. The van der Waals surface area contributed by atoms with E-state index in [1.54, 1.807) is 19.3 Å². The quantitative estimate of drug-likeness (QED) is 0.938. The van der Waals surface area contributed by atoms with Gasteiger partial charge in [0.2, 0.25) is 0 Å². The van der Waals surface area contributed by atoms with E-state index in [1.165, 1.54) is 16.7 Å². The SMILES string of the molecule is CNC(=O)c1ccnc2c1CC(Cc1ccc(C)cc1)=C2. The van der Waals surface area contributed by atoms with Gasteiger partial charge in [-0.25, -0.2) is 0 Å². The van der Waals surface area contributed by atoms with Crippen molar-refractivity contribution in [2.24, 2.45) is 0 Å². The summed E-state index contributed by atoms with van der Waals surface area (Å²) in [6.45, 7) is 2.09. The van der Waals surface area contributed by atoms with Gasteiger partial charge < -0.3 is 5.32 Å². The Labute approximate surface area is 124 Å². The van der Waals surface area contributed by atoms with E-state index in [9.17, 15) is 4.79 Å². The van der Waals surface area contributed by atoms with E-state index in [0.29, 0.717) is 0 Å². The maximum Gasteiger partial charge on any atom is 0.251 e. The number of aromatic nitrogens is 1. The normalized spacial score (nSPS) is 12.8. The number of rotatable bonds is 3. The van der Waals surface area contributed by atoms with Gasteiger partial charge in [0, 0.05) is 18.8 Å². The largest absolute Gasteiger partial charge is 0.355 e. The topological polar surface area (TPSA) is 42.0 Å². The molecule has 3 nitrogen and oxygen atoms in total. The van der Waals surface area contributed by atoms with Crippen LogP contribution in [0, 0.1) is 6.92 Å². The lowest BCUT2D eigenvalue weighted by molar-refractivity contribution is 0.0962. The highest BCUT2D eigenvalue weighted by Gasteiger charge is 2.20. The molecule has 1 aliphatic carbocycles. The Morgan fingerprint density at radius 2 is 2.00 bits per heavy atom. The first kappa shape index (κ1) is 13.6. The number of nitrogens with one attached hydrogen (secondary N) is 1. The van der Waals surface area contributed by atoms with Gasteiger partial charge in [0.05, 0.1) is 5.69 Å². The van der Waals surface area contributed by atoms with Crippen molar-refractivity contribution in [3.05, 3.63) is 70.0 Å². The van der Waals surface area contributed by atoms with Crippen LogP contribution in [0.4, 0.5) is 0 Å². The third kappa shape index (κ3) is 2.72. The molecule has 3 rings (SSSR count). The fourth-order valence-electron chi connectivity index (χ4n) is 2.72. The van der Waals surface area contributed by atoms with Crippen molar-refractivity contribution in [3.8, 4) is 0 Å². The van der Waals surface area contributed by atoms with Crippen molar-refractivity contribution in [2.75, 3.05) is 7.05 Å². The van der Waals surface area contributed by atoms with Crippen LogP contribution in [0.1, 0.15) is 32.7 Å². The number of amides is 1. The molecule has 1 aromatic heterocycles. The Kier molecular flexibility index (Phi) is 3.57. The Morgan fingerprint density at radius 3 is 2.71 bits per heavy atom. The summed E-state index contributed by atoms with van der Waals surface area (Å²) in [7, 11) is 1.66. The van der Waals surface area contributed by atoms with Gasteiger partial charge in [-0.1, -0.05) is 35.4 Å². The number of allylic oxidation sites excluding steroid dienone is 1. The summed E-state index contributed by atoms with van der Waals surface area (Å²) < 4.78 is 0. The second kappa shape index (κ2) is 5.52. The summed E-state index contributed by atoms with van der Waals surface area (Å²) in [5.41, 5.74) is 6.57. The number of carbonyl (C=O) groups excluding carboxylic acids is 1. The second-order valence-electron chi connectivity index (χ2n) is 5.44. The Morgan fingerprint density at radius 1 is 1.24 bits per heavy atom. The highest BCUT2D eigenvalue weighted by molar-refractivity contribution is 5.96. The van der Waals surface area contributed by atoms with Crippen LogP contribution in [0.3, 0.4) is 0 Å². The van der Waals surface area contributed by atoms with Crippen molar-refractivity contribution in [2.45, 2.75) is 19.8 Å². The average Bonchev–Trinajstić information content (AvgIpc) is 2.91. The molecule has 0 bridgehead atoms. The third-order valence-electron chi connectivity index (χ3n) is 3.86. The van der Waals surface area contributed by atoms with Gasteiger partial charge >= 0.3 is 0 Å². The number of pyridine rings is 1. The molecule has 106 valence electrons. The van der Waals surface area contributed by atoms with Gasteiger partial charge in [-0.15, -0.1) is 0 Å². The van der Waals surface area contributed by atoms with Gasteiger partial charge in [0.1, 0.15) is 0 Å². The molecular weight excluding hydrogens is 260 g/mol. The first-order valence-corrected chi connectivity index (χ1v) is 7.12. The Bertz CT molecular complexity index is 714.